The van der Waals surface area contributed by atoms with Crippen molar-refractivity contribution in [3.8, 4) is 0 Å². The summed E-state index contributed by atoms with van der Waals surface area (Å²) in [5.74, 6) is -0.705. The number of hydrogen-bond acceptors (Lipinski definition) is 3. The first-order chi connectivity index (χ1) is 7.40. The molecular formula is C9H4Br2ClNO2S. The molecule has 16 heavy (non-hydrogen) atoms. The average molecular weight is 385 g/mol. The molecule has 1 aromatic rings. The molecule has 1 aromatic carbocycles. The number of alkyl halides is 3. The van der Waals surface area contributed by atoms with E-state index in [1.165, 1.54) is 0 Å². The molecule has 2 rings (SSSR count). The van der Waals surface area contributed by atoms with Crippen molar-refractivity contribution in [2.45, 2.75) is 2.02 Å². The van der Waals surface area contributed by atoms with E-state index >= 15 is 0 Å². The number of amides is 2. The van der Waals surface area contributed by atoms with Crippen molar-refractivity contribution >= 4 is 67.2 Å². The molecule has 2 amide bonds. The second kappa shape index (κ2) is 4.33. The van der Waals surface area contributed by atoms with Crippen molar-refractivity contribution in [1.29, 1.82) is 0 Å². The molecule has 84 valence electrons. The summed E-state index contributed by atoms with van der Waals surface area (Å²) in [5, 5.41) is 0. The van der Waals surface area contributed by atoms with Gasteiger partial charge in [-0.3, -0.25) is 9.59 Å². The Labute approximate surface area is 118 Å². The van der Waals surface area contributed by atoms with Crippen LogP contribution in [-0.2, 0) is 0 Å². The van der Waals surface area contributed by atoms with Gasteiger partial charge in [-0.2, -0.15) is 0 Å². The van der Waals surface area contributed by atoms with E-state index in [0.717, 1.165) is 16.3 Å². The van der Waals surface area contributed by atoms with Crippen LogP contribution < -0.4 is 0 Å². The van der Waals surface area contributed by atoms with Crippen LogP contribution in [0, 0.1) is 0 Å². The standard InChI is InChI=1S/C9H4Br2ClNO2S/c10-9(11,12)16-13-7(14)5-3-1-2-4-6(5)8(13)15/h1-4H. The van der Waals surface area contributed by atoms with Crippen molar-refractivity contribution in [2.24, 2.45) is 0 Å². The van der Waals surface area contributed by atoms with Gasteiger partial charge in [0.15, 0.2) is 0 Å². The lowest BCUT2D eigenvalue weighted by atomic mass is 10.1. The second-order valence-electron chi connectivity index (χ2n) is 2.99. The van der Waals surface area contributed by atoms with E-state index in [2.05, 4.69) is 31.9 Å². The molecule has 0 N–H and O–H groups in total. The molecule has 0 radical (unpaired) electrons. The first-order valence-electron chi connectivity index (χ1n) is 4.14. The Kier molecular flexibility index (Phi) is 3.36. The summed E-state index contributed by atoms with van der Waals surface area (Å²) in [6, 6.07) is 6.67. The number of rotatable bonds is 2. The molecule has 0 saturated heterocycles. The number of benzene rings is 1. The zero-order valence-corrected chi connectivity index (χ0v) is 12.4. The van der Waals surface area contributed by atoms with E-state index in [4.69, 9.17) is 11.6 Å². The van der Waals surface area contributed by atoms with E-state index in [1.807, 2.05) is 0 Å². The normalized spacial score (nSPS) is 15.6. The van der Waals surface area contributed by atoms with E-state index < -0.39 is 2.02 Å². The zero-order chi connectivity index (χ0) is 11.9. The molecule has 0 bridgehead atoms. The van der Waals surface area contributed by atoms with Gasteiger partial charge in [0.2, 0.25) is 2.02 Å². The molecule has 0 atom stereocenters. The quantitative estimate of drug-likeness (QED) is 0.444. The Bertz CT molecular complexity index is 440. The number of hydrogen-bond donors (Lipinski definition) is 0. The maximum absolute atomic E-state index is 11.9. The van der Waals surface area contributed by atoms with Gasteiger partial charge in [-0.15, -0.1) is 0 Å². The minimum absolute atomic E-state index is 0.352. The van der Waals surface area contributed by atoms with Gasteiger partial charge in [0.05, 0.1) is 11.1 Å². The van der Waals surface area contributed by atoms with Crippen LogP contribution in [0.25, 0.3) is 0 Å². The largest absolute Gasteiger partial charge is 0.271 e. The van der Waals surface area contributed by atoms with Gasteiger partial charge >= 0.3 is 0 Å². The predicted molar refractivity (Wildman–Crippen MR) is 71.0 cm³/mol. The Morgan fingerprint density at radius 1 is 1.12 bits per heavy atom. The number of imide groups is 1. The maximum atomic E-state index is 11.9. The second-order valence-corrected chi connectivity index (χ2v) is 10.3. The van der Waals surface area contributed by atoms with E-state index in [0.29, 0.717) is 11.1 Å². The molecule has 0 aromatic heterocycles. The van der Waals surface area contributed by atoms with Crippen LogP contribution in [0.5, 0.6) is 0 Å². The van der Waals surface area contributed by atoms with Crippen LogP contribution in [0.3, 0.4) is 0 Å². The average Bonchev–Trinajstić information content (AvgIpc) is 2.43. The monoisotopic (exact) mass is 383 g/mol. The summed E-state index contributed by atoms with van der Waals surface area (Å²) in [5.41, 5.74) is 0.807. The van der Waals surface area contributed by atoms with E-state index in [1.54, 1.807) is 24.3 Å². The highest BCUT2D eigenvalue weighted by Crippen LogP contribution is 2.46. The summed E-state index contributed by atoms with van der Waals surface area (Å²) in [6.07, 6.45) is 0. The van der Waals surface area contributed by atoms with Crippen LogP contribution >= 0.6 is 55.4 Å². The molecule has 0 spiro atoms. The lowest BCUT2D eigenvalue weighted by Crippen LogP contribution is -2.25. The number of nitrogens with zero attached hydrogens (tertiary/aromatic N) is 1. The van der Waals surface area contributed by atoms with Crippen LogP contribution in [-0.4, -0.2) is 18.1 Å². The highest BCUT2D eigenvalue weighted by atomic mass is 79.9. The van der Waals surface area contributed by atoms with Crippen LogP contribution in [0.4, 0.5) is 0 Å². The van der Waals surface area contributed by atoms with Crippen molar-refractivity contribution in [2.75, 3.05) is 0 Å². The minimum Gasteiger partial charge on any atom is -0.268 e. The first kappa shape index (κ1) is 12.4. The fourth-order valence-electron chi connectivity index (χ4n) is 1.35. The third-order valence-corrected chi connectivity index (χ3v) is 3.75. The summed E-state index contributed by atoms with van der Waals surface area (Å²) in [7, 11) is 0. The summed E-state index contributed by atoms with van der Waals surface area (Å²) >= 11 is 12.9. The van der Waals surface area contributed by atoms with Gasteiger partial charge in [-0.1, -0.05) is 23.7 Å². The number of halogens is 3. The van der Waals surface area contributed by atoms with Gasteiger partial charge < -0.3 is 0 Å². The first-order valence-corrected chi connectivity index (χ1v) is 6.87. The summed E-state index contributed by atoms with van der Waals surface area (Å²) in [4.78, 5) is 23.7. The van der Waals surface area contributed by atoms with Gasteiger partial charge in [-0.05, 0) is 44.0 Å². The lowest BCUT2D eigenvalue weighted by molar-refractivity contribution is 0.0777. The van der Waals surface area contributed by atoms with Crippen molar-refractivity contribution in [3.05, 3.63) is 35.4 Å². The number of carbonyl (C=O) groups is 2. The molecule has 0 fully saturated rings. The van der Waals surface area contributed by atoms with E-state index in [-0.39, 0.29) is 11.8 Å². The Balaban J connectivity index is 2.36. The highest BCUT2D eigenvalue weighted by Gasteiger charge is 2.40. The smallest absolute Gasteiger partial charge is 0.268 e. The minimum atomic E-state index is -1.06. The molecule has 0 saturated carbocycles. The SMILES string of the molecule is O=C1c2ccccc2C(=O)N1SC(Cl)(Br)Br. The van der Waals surface area contributed by atoms with Gasteiger partial charge in [0.1, 0.15) is 0 Å². The third kappa shape index (κ3) is 2.30. The molecule has 1 heterocycles. The number of carbonyl (C=O) groups excluding carboxylic acids is 2. The topological polar surface area (TPSA) is 37.4 Å². The van der Waals surface area contributed by atoms with Crippen LogP contribution in [0.15, 0.2) is 24.3 Å². The Morgan fingerprint density at radius 3 is 1.94 bits per heavy atom. The zero-order valence-electron chi connectivity index (χ0n) is 7.62. The maximum Gasteiger partial charge on any atom is 0.271 e. The molecule has 7 heteroatoms. The van der Waals surface area contributed by atoms with Crippen molar-refractivity contribution in [1.82, 2.24) is 4.31 Å². The highest BCUT2D eigenvalue weighted by molar-refractivity contribution is 9.28. The molecule has 1 aliphatic heterocycles. The van der Waals surface area contributed by atoms with Crippen LogP contribution in [0.2, 0.25) is 0 Å². The summed E-state index contributed by atoms with van der Waals surface area (Å²) in [6.45, 7) is 0. The third-order valence-electron chi connectivity index (χ3n) is 1.95. The van der Waals surface area contributed by atoms with Crippen LogP contribution in [0.1, 0.15) is 20.7 Å². The number of fused-ring (bicyclic) bond motifs is 1. The molecule has 0 aliphatic carbocycles. The molecule has 3 nitrogen and oxygen atoms in total. The fraction of sp³-hybridized carbons (Fsp3) is 0.111. The van der Waals surface area contributed by atoms with Crippen molar-refractivity contribution < 1.29 is 9.59 Å². The molecule has 0 unspecified atom stereocenters. The lowest BCUT2D eigenvalue weighted by Gasteiger charge is -2.17. The van der Waals surface area contributed by atoms with Crippen molar-refractivity contribution in [3.63, 3.8) is 0 Å². The summed E-state index contributed by atoms with van der Waals surface area (Å²) < 4.78 is -0.0332. The van der Waals surface area contributed by atoms with Gasteiger partial charge in [-0.25, -0.2) is 4.31 Å². The van der Waals surface area contributed by atoms with Gasteiger partial charge in [0, 0.05) is 11.9 Å². The van der Waals surface area contributed by atoms with Gasteiger partial charge in [0.25, 0.3) is 11.8 Å². The fourth-order valence-corrected chi connectivity index (χ4v) is 3.00. The Morgan fingerprint density at radius 2 is 1.56 bits per heavy atom. The molecule has 1 aliphatic rings. The predicted octanol–water partition coefficient (Wildman–Crippen LogP) is 3.57. The molecular weight excluding hydrogens is 381 g/mol. The van der Waals surface area contributed by atoms with E-state index in [9.17, 15) is 9.59 Å². The Hall–Kier alpha value is -0.0400.